The van der Waals surface area contributed by atoms with Gasteiger partial charge in [-0.25, -0.2) is 0 Å². The lowest BCUT2D eigenvalue weighted by atomic mass is 10.1. The molecule has 0 aliphatic rings. The largest absolute Gasteiger partial charge is 0.493 e. The Morgan fingerprint density at radius 3 is 2.52 bits per heavy atom. The number of methoxy groups -OCH3 is 2. The highest BCUT2D eigenvalue weighted by Gasteiger charge is 2.11. The summed E-state index contributed by atoms with van der Waals surface area (Å²) >= 11 is 0. The van der Waals surface area contributed by atoms with Crippen LogP contribution in [0.1, 0.15) is 22.8 Å². The highest BCUT2D eigenvalue weighted by molar-refractivity contribution is 6.04. The molecule has 2 N–H and O–H groups in total. The third kappa shape index (κ3) is 4.47. The molecule has 0 aliphatic carbocycles. The van der Waals surface area contributed by atoms with Crippen LogP contribution in [-0.4, -0.2) is 26.7 Å². The fourth-order valence-electron chi connectivity index (χ4n) is 2.21. The lowest BCUT2D eigenvalue weighted by Crippen LogP contribution is -2.14. The van der Waals surface area contributed by atoms with Gasteiger partial charge in [-0.1, -0.05) is 19.1 Å². The quantitative estimate of drug-likeness (QED) is 0.824. The minimum atomic E-state index is -0.188. The predicted molar refractivity (Wildman–Crippen MR) is 91.3 cm³/mol. The molecule has 5 nitrogen and oxygen atoms in total. The van der Waals surface area contributed by atoms with Crippen LogP contribution in [0.4, 0.5) is 5.69 Å². The Morgan fingerprint density at radius 2 is 1.83 bits per heavy atom. The summed E-state index contributed by atoms with van der Waals surface area (Å²) in [4.78, 5) is 12.4. The Kier molecular flexibility index (Phi) is 6.00. The Hall–Kier alpha value is -2.53. The zero-order valence-electron chi connectivity index (χ0n) is 13.7. The van der Waals surface area contributed by atoms with Gasteiger partial charge in [0.05, 0.1) is 14.2 Å². The van der Waals surface area contributed by atoms with E-state index in [2.05, 4.69) is 17.6 Å². The number of rotatable bonds is 7. The molecule has 0 aromatic heterocycles. The van der Waals surface area contributed by atoms with Gasteiger partial charge in [-0.15, -0.1) is 0 Å². The molecule has 122 valence electrons. The molecule has 0 heterocycles. The molecule has 0 saturated carbocycles. The van der Waals surface area contributed by atoms with E-state index in [1.165, 1.54) is 0 Å². The molecule has 2 aromatic rings. The fourth-order valence-corrected chi connectivity index (χ4v) is 2.21. The Bertz CT molecular complexity index is 671. The summed E-state index contributed by atoms with van der Waals surface area (Å²) < 4.78 is 10.4. The van der Waals surface area contributed by atoms with Crippen LogP contribution in [0, 0.1) is 0 Å². The number of anilines is 1. The zero-order chi connectivity index (χ0) is 16.7. The lowest BCUT2D eigenvalue weighted by Gasteiger charge is -2.11. The molecule has 5 heteroatoms. The molecule has 0 saturated heterocycles. The summed E-state index contributed by atoms with van der Waals surface area (Å²) in [6.07, 6.45) is 0. The van der Waals surface area contributed by atoms with E-state index in [4.69, 9.17) is 9.47 Å². The molecule has 0 aliphatic heterocycles. The molecular weight excluding hydrogens is 292 g/mol. The third-order valence-corrected chi connectivity index (χ3v) is 3.41. The molecular formula is C18H22N2O3. The van der Waals surface area contributed by atoms with Crippen molar-refractivity contribution >= 4 is 11.6 Å². The number of carbonyl (C=O) groups excluding carboxylic acids is 1. The van der Waals surface area contributed by atoms with Gasteiger partial charge in [-0.05, 0) is 42.4 Å². The van der Waals surface area contributed by atoms with Crippen LogP contribution in [0.2, 0.25) is 0 Å². The first-order valence-electron chi connectivity index (χ1n) is 7.51. The van der Waals surface area contributed by atoms with Crippen LogP contribution in [0.3, 0.4) is 0 Å². The molecule has 1 amide bonds. The van der Waals surface area contributed by atoms with Crippen molar-refractivity contribution in [2.24, 2.45) is 0 Å². The maximum atomic E-state index is 12.4. The van der Waals surface area contributed by atoms with Crippen molar-refractivity contribution in [1.82, 2.24) is 5.32 Å². The van der Waals surface area contributed by atoms with E-state index < -0.39 is 0 Å². The number of carbonyl (C=O) groups is 1. The first-order chi connectivity index (χ1) is 11.2. The van der Waals surface area contributed by atoms with Crippen molar-refractivity contribution in [1.29, 1.82) is 0 Å². The van der Waals surface area contributed by atoms with Crippen molar-refractivity contribution < 1.29 is 14.3 Å². The smallest absolute Gasteiger partial charge is 0.255 e. The zero-order valence-corrected chi connectivity index (χ0v) is 13.7. The second-order valence-electron chi connectivity index (χ2n) is 5.00. The molecule has 0 bridgehead atoms. The van der Waals surface area contributed by atoms with Gasteiger partial charge in [-0.3, -0.25) is 4.79 Å². The van der Waals surface area contributed by atoms with Gasteiger partial charge in [0.25, 0.3) is 5.91 Å². The van der Waals surface area contributed by atoms with E-state index in [-0.39, 0.29) is 5.91 Å². The molecule has 0 fully saturated rings. The molecule has 0 atom stereocenters. The van der Waals surface area contributed by atoms with E-state index in [1.54, 1.807) is 32.4 Å². The standard InChI is InChI=1S/C18H22N2O3/c1-4-19-12-13-6-5-7-15(10-13)20-18(21)14-8-9-16(22-2)17(11-14)23-3/h5-11,19H,4,12H2,1-3H3,(H,20,21). The Labute approximate surface area is 136 Å². The van der Waals surface area contributed by atoms with Gasteiger partial charge < -0.3 is 20.1 Å². The maximum Gasteiger partial charge on any atom is 0.255 e. The molecule has 23 heavy (non-hydrogen) atoms. The van der Waals surface area contributed by atoms with Crippen molar-refractivity contribution in [3.05, 3.63) is 53.6 Å². The SMILES string of the molecule is CCNCc1cccc(NC(=O)c2ccc(OC)c(OC)c2)c1. The topological polar surface area (TPSA) is 59.6 Å². The van der Waals surface area contributed by atoms with Crippen LogP contribution in [0.25, 0.3) is 0 Å². The van der Waals surface area contributed by atoms with Crippen LogP contribution >= 0.6 is 0 Å². The van der Waals surface area contributed by atoms with Crippen LogP contribution in [0.5, 0.6) is 11.5 Å². The molecule has 0 radical (unpaired) electrons. The minimum Gasteiger partial charge on any atom is -0.493 e. The highest BCUT2D eigenvalue weighted by Crippen LogP contribution is 2.27. The normalized spacial score (nSPS) is 10.2. The Balaban J connectivity index is 2.12. The number of benzene rings is 2. The number of nitrogens with one attached hydrogen (secondary N) is 2. The van der Waals surface area contributed by atoms with E-state index in [0.717, 1.165) is 24.3 Å². The second kappa shape index (κ2) is 8.19. The van der Waals surface area contributed by atoms with Gasteiger partial charge in [0, 0.05) is 17.8 Å². The third-order valence-electron chi connectivity index (χ3n) is 3.41. The summed E-state index contributed by atoms with van der Waals surface area (Å²) in [5.41, 5.74) is 2.40. The van der Waals surface area contributed by atoms with Crippen molar-refractivity contribution in [3.63, 3.8) is 0 Å². The van der Waals surface area contributed by atoms with Crippen LogP contribution in [0.15, 0.2) is 42.5 Å². The van der Waals surface area contributed by atoms with Crippen molar-refractivity contribution in [2.45, 2.75) is 13.5 Å². The van der Waals surface area contributed by atoms with Crippen molar-refractivity contribution in [3.8, 4) is 11.5 Å². The maximum absolute atomic E-state index is 12.4. The second-order valence-corrected chi connectivity index (χ2v) is 5.00. The van der Waals surface area contributed by atoms with E-state index >= 15 is 0 Å². The fraction of sp³-hybridized carbons (Fsp3) is 0.278. The summed E-state index contributed by atoms with van der Waals surface area (Å²) in [7, 11) is 3.11. The van der Waals surface area contributed by atoms with Gasteiger partial charge in [0.1, 0.15) is 0 Å². The van der Waals surface area contributed by atoms with Crippen LogP contribution in [-0.2, 0) is 6.54 Å². The average Bonchev–Trinajstić information content (AvgIpc) is 2.59. The number of hydrogen-bond donors (Lipinski definition) is 2. The number of ether oxygens (including phenoxy) is 2. The monoisotopic (exact) mass is 314 g/mol. The minimum absolute atomic E-state index is 0.188. The molecule has 0 unspecified atom stereocenters. The van der Waals surface area contributed by atoms with Gasteiger partial charge in [-0.2, -0.15) is 0 Å². The van der Waals surface area contributed by atoms with E-state index in [0.29, 0.717) is 17.1 Å². The first kappa shape index (κ1) is 16.8. The number of hydrogen-bond acceptors (Lipinski definition) is 4. The molecule has 2 aromatic carbocycles. The van der Waals surface area contributed by atoms with Crippen molar-refractivity contribution in [2.75, 3.05) is 26.1 Å². The van der Waals surface area contributed by atoms with E-state index in [9.17, 15) is 4.79 Å². The summed E-state index contributed by atoms with van der Waals surface area (Å²) in [6, 6.07) is 12.9. The first-order valence-corrected chi connectivity index (χ1v) is 7.51. The lowest BCUT2D eigenvalue weighted by molar-refractivity contribution is 0.102. The average molecular weight is 314 g/mol. The van der Waals surface area contributed by atoms with Crippen LogP contribution < -0.4 is 20.1 Å². The predicted octanol–water partition coefficient (Wildman–Crippen LogP) is 3.07. The van der Waals surface area contributed by atoms with Gasteiger partial charge >= 0.3 is 0 Å². The number of amides is 1. The van der Waals surface area contributed by atoms with Gasteiger partial charge in [0.15, 0.2) is 11.5 Å². The molecule has 2 rings (SSSR count). The van der Waals surface area contributed by atoms with E-state index in [1.807, 2.05) is 24.3 Å². The summed E-state index contributed by atoms with van der Waals surface area (Å²) in [5, 5.41) is 6.16. The summed E-state index contributed by atoms with van der Waals surface area (Å²) in [6.45, 7) is 3.74. The van der Waals surface area contributed by atoms with Gasteiger partial charge in [0.2, 0.25) is 0 Å². The highest BCUT2D eigenvalue weighted by atomic mass is 16.5. The Morgan fingerprint density at radius 1 is 1.04 bits per heavy atom. The molecule has 0 spiro atoms. The summed E-state index contributed by atoms with van der Waals surface area (Å²) in [5.74, 6) is 0.935.